The van der Waals surface area contributed by atoms with Gasteiger partial charge >= 0.3 is 0 Å². The summed E-state index contributed by atoms with van der Waals surface area (Å²) in [6.45, 7) is 8.50. The van der Waals surface area contributed by atoms with E-state index < -0.39 is 15.8 Å². The van der Waals surface area contributed by atoms with Crippen LogP contribution in [0.2, 0.25) is 0 Å². The summed E-state index contributed by atoms with van der Waals surface area (Å²) in [6.07, 6.45) is 1.46. The molecule has 0 fully saturated rings. The zero-order valence-electron chi connectivity index (χ0n) is 21.2. The number of fused-ring (bicyclic) bond motifs is 1. The number of ether oxygens (including phenoxy) is 1. The van der Waals surface area contributed by atoms with E-state index in [-0.39, 0.29) is 27.5 Å². The Bertz CT molecular complexity index is 1410. The lowest BCUT2D eigenvalue weighted by Crippen LogP contribution is -2.35. The molecule has 0 spiro atoms. The van der Waals surface area contributed by atoms with Crippen LogP contribution in [0, 0.1) is 12.7 Å². The molecule has 3 aromatic rings. The van der Waals surface area contributed by atoms with Crippen LogP contribution in [0.15, 0.2) is 59.5 Å². The third-order valence-electron chi connectivity index (χ3n) is 6.43. The highest BCUT2D eigenvalue weighted by Gasteiger charge is 2.26. The minimum absolute atomic E-state index is 0.00257. The third kappa shape index (κ3) is 5.09. The Hall–Kier alpha value is -3.39. The Kier molecular flexibility index (Phi) is 6.84. The second-order valence-electron chi connectivity index (χ2n) is 10.1. The van der Waals surface area contributed by atoms with Crippen LogP contribution in [-0.2, 0) is 21.9 Å². The summed E-state index contributed by atoms with van der Waals surface area (Å²) >= 11 is 0. The van der Waals surface area contributed by atoms with Crippen LogP contribution in [0.3, 0.4) is 0 Å². The SMILES string of the molecule is COc1cc(C)c(F)cc1S(=O)(=O)Nc1ccc2c(c1)CCCN2C(=O)c1ccc(C(C)(C)C)cc1. The first-order chi connectivity index (χ1) is 16.9. The molecule has 0 radical (unpaired) electrons. The molecule has 6 nitrogen and oxygen atoms in total. The van der Waals surface area contributed by atoms with Crippen molar-refractivity contribution in [3.63, 3.8) is 0 Å². The number of anilines is 2. The van der Waals surface area contributed by atoms with Gasteiger partial charge in [-0.2, -0.15) is 0 Å². The second kappa shape index (κ2) is 9.58. The zero-order valence-corrected chi connectivity index (χ0v) is 22.0. The summed E-state index contributed by atoms with van der Waals surface area (Å²) in [7, 11) is -2.77. The van der Waals surface area contributed by atoms with E-state index in [4.69, 9.17) is 4.74 Å². The maximum Gasteiger partial charge on any atom is 0.265 e. The van der Waals surface area contributed by atoms with Crippen molar-refractivity contribution in [3.8, 4) is 5.75 Å². The fourth-order valence-electron chi connectivity index (χ4n) is 4.36. The molecule has 0 saturated carbocycles. The standard InChI is InChI=1S/C28H31FN2O4S/c1-18-15-25(35-5)26(17-23(18)29)36(33,34)30-22-12-13-24-20(16-22)7-6-14-31(24)27(32)19-8-10-21(11-9-19)28(2,3)4/h8-13,15-17,30H,6-7,14H2,1-5H3. The Morgan fingerprint density at radius 3 is 2.39 bits per heavy atom. The van der Waals surface area contributed by atoms with Crippen molar-refractivity contribution in [1.82, 2.24) is 0 Å². The number of rotatable bonds is 5. The number of halogens is 1. The molecule has 0 aliphatic carbocycles. The van der Waals surface area contributed by atoms with Crippen LogP contribution in [0.4, 0.5) is 15.8 Å². The van der Waals surface area contributed by atoms with Gasteiger partial charge in [0.05, 0.1) is 7.11 Å². The molecule has 0 atom stereocenters. The molecular formula is C28H31FN2O4S. The quantitative estimate of drug-likeness (QED) is 0.468. The molecule has 1 N–H and O–H groups in total. The van der Waals surface area contributed by atoms with Crippen molar-refractivity contribution in [2.75, 3.05) is 23.3 Å². The largest absolute Gasteiger partial charge is 0.495 e. The number of amides is 1. The predicted molar refractivity (Wildman–Crippen MR) is 140 cm³/mol. The molecule has 0 saturated heterocycles. The number of nitrogens with zero attached hydrogens (tertiary/aromatic N) is 1. The summed E-state index contributed by atoms with van der Waals surface area (Å²) < 4.78 is 47.9. The lowest BCUT2D eigenvalue weighted by molar-refractivity contribution is 0.0985. The van der Waals surface area contributed by atoms with Crippen molar-refractivity contribution < 1.29 is 22.3 Å². The van der Waals surface area contributed by atoms with Crippen LogP contribution in [0.25, 0.3) is 0 Å². The van der Waals surface area contributed by atoms with Gasteiger partial charge < -0.3 is 9.64 Å². The number of aryl methyl sites for hydroxylation is 2. The van der Waals surface area contributed by atoms with Crippen LogP contribution >= 0.6 is 0 Å². The van der Waals surface area contributed by atoms with E-state index in [1.165, 1.54) is 20.1 Å². The van der Waals surface area contributed by atoms with Gasteiger partial charge in [-0.1, -0.05) is 32.9 Å². The van der Waals surface area contributed by atoms with Crippen molar-refractivity contribution in [3.05, 3.63) is 82.7 Å². The number of carbonyl (C=O) groups excluding carboxylic acids is 1. The van der Waals surface area contributed by atoms with E-state index in [1.54, 1.807) is 23.1 Å². The lowest BCUT2D eigenvalue weighted by Gasteiger charge is -2.30. The Morgan fingerprint density at radius 2 is 1.75 bits per heavy atom. The molecular weight excluding hydrogens is 479 g/mol. The average Bonchev–Trinajstić information content (AvgIpc) is 2.83. The highest BCUT2D eigenvalue weighted by molar-refractivity contribution is 7.92. The second-order valence-corrected chi connectivity index (χ2v) is 11.7. The van der Waals surface area contributed by atoms with Gasteiger partial charge in [0, 0.05) is 23.5 Å². The summed E-state index contributed by atoms with van der Waals surface area (Å²) in [5.41, 5.74) is 4.00. The maximum atomic E-state index is 14.1. The normalized spacial score (nSPS) is 13.8. The molecule has 190 valence electrons. The number of sulfonamides is 1. The maximum absolute atomic E-state index is 14.1. The molecule has 1 aliphatic heterocycles. The van der Waals surface area contributed by atoms with Crippen molar-refractivity contribution in [2.24, 2.45) is 0 Å². The van der Waals surface area contributed by atoms with E-state index in [0.29, 0.717) is 24.2 Å². The van der Waals surface area contributed by atoms with E-state index >= 15 is 0 Å². The Labute approximate surface area is 212 Å². The van der Waals surface area contributed by atoms with Crippen LogP contribution in [-0.4, -0.2) is 28.0 Å². The molecule has 0 bridgehead atoms. The van der Waals surface area contributed by atoms with Crippen molar-refractivity contribution in [1.29, 1.82) is 0 Å². The minimum atomic E-state index is -4.11. The predicted octanol–water partition coefficient (Wildman–Crippen LogP) is 5.83. The van der Waals surface area contributed by atoms with Gasteiger partial charge in [0.1, 0.15) is 16.5 Å². The number of benzene rings is 3. The molecule has 3 aromatic carbocycles. The smallest absolute Gasteiger partial charge is 0.265 e. The van der Waals surface area contributed by atoms with Gasteiger partial charge in [0.25, 0.3) is 15.9 Å². The van der Waals surface area contributed by atoms with E-state index in [0.717, 1.165) is 29.3 Å². The number of hydrogen-bond acceptors (Lipinski definition) is 4. The van der Waals surface area contributed by atoms with Gasteiger partial charge in [-0.3, -0.25) is 9.52 Å². The summed E-state index contributed by atoms with van der Waals surface area (Å²) in [5, 5.41) is 0. The molecule has 8 heteroatoms. The molecule has 1 amide bonds. The van der Waals surface area contributed by atoms with Gasteiger partial charge in [-0.05, 0) is 84.3 Å². The molecule has 36 heavy (non-hydrogen) atoms. The van der Waals surface area contributed by atoms with E-state index in [2.05, 4.69) is 25.5 Å². The summed E-state index contributed by atoms with van der Waals surface area (Å²) in [4.78, 5) is 14.8. The van der Waals surface area contributed by atoms with Crippen LogP contribution < -0.4 is 14.4 Å². The number of nitrogens with one attached hydrogen (secondary N) is 1. The van der Waals surface area contributed by atoms with Crippen molar-refractivity contribution in [2.45, 2.75) is 50.8 Å². The number of carbonyl (C=O) groups is 1. The van der Waals surface area contributed by atoms with Crippen LogP contribution in [0.5, 0.6) is 5.75 Å². The highest BCUT2D eigenvalue weighted by atomic mass is 32.2. The van der Waals surface area contributed by atoms with E-state index in [9.17, 15) is 17.6 Å². The first-order valence-electron chi connectivity index (χ1n) is 11.8. The molecule has 0 unspecified atom stereocenters. The zero-order chi connectivity index (χ0) is 26.3. The monoisotopic (exact) mass is 510 g/mol. The summed E-state index contributed by atoms with van der Waals surface area (Å²) in [6, 6.07) is 15.1. The Morgan fingerprint density at radius 1 is 1.06 bits per heavy atom. The molecule has 0 aromatic heterocycles. The van der Waals surface area contributed by atoms with Gasteiger partial charge in [-0.15, -0.1) is 0 Å². The lowest BCUT2D eigenvalue weighted by atomic mass is 9.86. The minimum Gasteiger partial charge on any atom is -0.495 e. The first-order valence-corrected chi connectivity index (χ1v) is 13.3. The average molecular weight is 511 g/mol. The summed E-state index contributed by atoms with van der Waals surface area (Å²) in [5.74, 6) is -0.662. The van der Waals surface area contributed by atoms with Gasteiger partial charge in [0.2, 0.25) is 0 Å². The third-order valence-corrected chi connectivity index (χ3v) is 7.83. The fraction of sp³-hybridized carbons (Fsp3) is 0.321. The van der Waals surface area contributed by atoms with Gasteiger partial charge in [0.15, 0.2) is 0 Å². The van der Waals surface area contributed by atoms with Crippen LogP contribution in [0.1, 0.15) is 54.2 Å². The Balaban J connectivity index is 1.60. The van der Waals surface area contributed by atoms with E-state index in [1.807, 2.05) is 24.3 Å². The number of hydrogen-bond donors (Lipinski definition) is 1. The molecule has 1 heterocycles. The fourth-order valence-corrected chi connectivity index (χ4v) is 5.57. The van der Waals surface area contributed by atoms with Gasteiger partial charge in [-0.25, -0.2) is 12.8 Å². The first kappa shape index (κ1) is 25.7. The number of methoxy groups -OCH3 is 1. The molecule has 1 aliphatic rings. The molecule has 4 rings (SSSR count). The topological polar surface area (TPSA) is 75.7 Å². The van der Waals surface area contributed by atoms with Crippen molar-refractivity contribution >= 4 is 27.3 Å². The highest BCUT2D eigenvalue weighted by Crippen LogP contribution is 2.33.